The van der Waals surface area contributed by atoms with Crippen LogP contribution in [0.15, 0.2) is 48.5 Å². The number of nitrogens with one attached hydrogen (secondary N) is 1. The lowest BCUT2D eigenvalue weighted by molar-refractivity contribution is 0.282. The predicted octanol–water partition coefficient (Wildman–Crippen LogP) is 3.07. The molecule has 2 N–H and O–H groups in total. The fourth-order valence-electron chi connectivity index (χ4n) is 1.72. The topological polar surface area (TPSA) is 32.3 Å². The van der Waals surface area contributed by atoms with Gasteiger partial charge in [0.2, 0.25) is 0 Å². The largest absolute Gasteiger partial charge is 0.392 e. The first kappa shape index (κ1) is 13.5. The van der Waals surface area contributed by atoms with Gasteiger partial charge >= 0.3 is 0 Å². The second-order valence-corrected chi connectivity index (χ2v) is 5.45. The van der Waals surface area contributed by atoms with Crippen LogP contribution in [0.5, 0.6) is 0 Å². The van der Waals surface area contributed by atoms with E-state index in [1.807, 2.05) is 24.3 Å². The lowest BCUT2D eigenvalue weighted by Crippen LogP contribution is -2.12. The molecule has 2 aromatic carbocycles. The molecule has 0 aliphatic carbocycles. The van der Waals surface area contributed by atoms with Gasteiger partial charge in [-0.25, -0.2) is 0 Å². The Hall–Kier alpha value is -0.910. The zero-order valence-corrected chi connectivity index (χ0v) is 12.2. The molecular formula is C15H16INO. The summed E-state index contributed by atoms with van der Waals surface area (Å²) in [5.41, 5.74) is 3.48. The third-order valence-corrected chi connectivity index (χ3v) is 3.50. The number of hydrogen-bond donors (Lipinski definition) is 2. The normalized spacial score (nSPS) is 10.6. The van der Waals surface area contributed by atoms with Gasteiger partial charge in [0.1, 0.15) is 0 Å². The van der Waals surface area contributed by atoms with E-state index in [9.17, 15) is 0 Å². The molecule has 94 valence electrons. The maximum Gasteiger partial charge on any atom is 0.0681 e. The van der Waals surface area contributed by atoms with E-state index in [1.54, 1.807) is 0 Å². The summed E-state index contributed by atoms with van der Waals surface area (Å²) in [7, 11) is 0. The molecule has 0 aliphatic rings. The predicted molar refractivity (Wildman–Crippen MR) is 82.1 cm³/mol. The summed E-state index contributed by atoms with van der Waals surface area (Å²) in [6, 6.07) is 16.5. The van der Waals surface area contributed by atoms with Crippen LogP contribution >= 0.6 is 22.6 Å². The molecule has 0 atom stereocenters. The number of rotatable bonds is 5. The van der Waals surface area contributed by atoms with Crippen LogP contribution < -0.4 is 5.32 Å². The number of aliphatic hydroxyl groups is 1. The van der Waals surface area contributed by atoms with E-state index in [0.717, 1.165) is 18.7 Å². The van der Waals surface area contributed by atoms with Crippen LogP contribution in [0.1, 0.15) is 16.7 Å². The van der Waals surface area contributed by atoms with Crippen LogP contribution in [0, 0.1) is 3.57 Å². The Morgan fingerprint density at radius 3 is 1.72 bits per heavy atom. The average Bonchev–Trinajstić information content (AvgIpc) is 2.42. The van der Waals surface area contributed by atoms with Crippen molar-refractivity contribution in [2.24, 2.45) is 0 Å². The summed E-state index contributed by atoms with van der Waals surface area (Å²) in [5, 5.41) is 12.4. The summed E-state index contributed by atoms with van der Waals surface area (Å²) < 4.78 is 1.26. The Bertz CT molecular complexity index is 479. The molecule has 0 saturated carbocycles. The number of benzene rings is 2. The molecule has 0 bridgehead atoms. The highest BCUT2D eigenvalue weighted by atomic mass is 127. The van der Waals surface area contributed by atoms with Crippen molar-refractivity contribution in [1.82, 2.24) is 5.32 Å². The Balaban J connectivity index is 1.82. The third kappa shape index (κ3) is 4.08. The third-order valence-electron chi connectivity index (χ3n) is 2.78. The van der Waals surface area contributed by atoms with Crippen molar-refractivity contribution in [1.29, 1.82) is 0 Å². The van der Waals surface area contributed by atoms with Crippen molar-refractivity contribution in [3.63, 3.8) is 0 Å². The summed E-state index contributed by atoms with van der Waals surface area (Å²) in [6.45, 7) is 1.83. The minimum absolute atomic E-state index is 0.107. The van der Waals surface area contributed by atoms with Crippen molar-refractivity contribution < 1.29 is 5.11 Å². The molecule has 18 heavy (non-hydrogen) atoms. The Morgan fingerprint density at radius 2 is 1.22 bits per heavy atom. The Labute approximate surface area is 121 Å². The molecule has 0 spiro atoms. The van der Waals surface area contributed by atoms with E-state index in [-0.39, 0.29) is 6.61 Å². The van der Waals surface area contributed by atoms with Crippen LogP contribution in [0.25, 0.3) is 0 Å². The van der Waals surface area contributed by atoms with Crippen molar-refractivity contribution in [2.75, 3.05) is 0 Å². The molecule has 0 amide bonds. The van der Waals surface area contributed by atoms with Crippen molar-refractivity contribution >= 4 is 22.6 Å². The van der Waals surface area contributed by atoms with Gasteiger partial charge in [-0.3, -0.25) is 0 Å². The highest BCUT2D eigenvalue weighted by Crippen LogP contribution is 2.07. The van der Waals surface area contributed by atoms with Gasteiger partial charge in [-0.15, -0.1) is 0 Å². The monoisotopic (exact) mass is 353 g/mol. The van der Waals surface area contributed by atoms with Crippen molar-refractivity contribution in [2.45, 2.75) is 19.7 Å². The number of hydrogen-bond acceptors (Lipinski definition) is 2. The Kier molecular flexibility index (Phi) is 5.16. The van der Waals surface area contributed by atoms with E-state index in [0.29, 0.717) is 0 Å². The minimum atomic E-state index is 0.107. The van der Waals surface area contributed by atoms with Crippen LogP contribution in [-0.2, 0) is 19.7 Å². The molecule has 0 aromatic heterocycles. The molecule has 2 nitrogen and oxygen atoms in total. The van der Waals surface area contributed by atoms with Gasteiger partial charge in [0.05, 0.1) is 6.61 Å². The van der Waals surface area contributed by atoms with Gasteiger partial charge in [0.25, 0.3) is 0 Å². The maximum atomic E-state index is 8.96. The van der Waals surface area contributed by atoms with Gasteiger partial charge in [-0.2, -0.15) is 0 Å². The summed E-state index contributed by atoms with van der Waals surface area (Å²) in [5.74, 6) is 0. The summed E-state index contributed by atoms with van der Waals surface area (Å²) in [6.07, 6.45) is 0. The van der Waals surface area contributed by atoms with Crippen LogP contribution in [0.3, 0.4) is 0 Å². The van der Waals surface area contributed by atoms with Gasteiger partial charge in [0.15, 0.2) is 0 Å². The van der Waals surface area contributed by atoms with E-state index >= 15 is 0 Å². The van der Waals surface area contributed by atoms with Gasteiger partial charge in [-0.1, -0.05) is 36.4 Å². The first-order valence-electron chi connectivity index (χ1n) is 5.92. The zero-order chi connectivity index (χ0) is 12.8. The Morgan fingerprint density at radius 1 is 0.778 bits per heavy atom. The van der Waals surface area contributed by atoms with Crippen LogP contribution in [0.2, 0.25) is 0 Å². The maximum absolute atomic E-state index is 8.96. The van der Waals surface area contributed by atoms with Gasteiger partial charge < -0.3 is 10.4 Å². The van der Waals surface area contributed by atoms with Gasteiger partial charge in [0, 0.05) is 16.7 Å². The minimum Gasteiger partial charge on any atom is -0.392 e. The van der Waals surface area contributed by atoms with E-state index in [4.69, 9.17) is 5.11 Å². The van der Waals surface area contributed by atoms with Crippen LogP contribution in [0.4, 0.5) is 0 Å². The summed E-state index contributed by atoms with van der Waals surface area (Å²) >= 11 is 2.31. The second-order valence-electron chi connectivity index (χ2n) is 4.20. The second kappa shape index (κ2) is 6.87. The molecule has 2 aromatic rings. The van der Waals surface area contributed by atoms with Crippen LogP contribution in [-0.4, -0.2) is 5.11 Å². The fraction of sp³-hybridized carbons (Fsp3) is 0.200. The molecule has 0 fully saturated rings. The van der Waals surface area contributed by atoms with E-state index in [2.05, 4.69) is 52.2 Å². The molecule has 3 heteroatoms. The molecular weight excluding hydrogens is 337 g/mol. The standard InChI is InChI=1S/C15H16INO/c16-15-7-5-13(6-8-15)10-17-9-12-1-3-14(11-18)4-2-12/h1-8,17-18H,9-11H2. The SMILES string of the molecule is OCc1ccc(CNCc2ccc(I)cc2)cc1. The first-order chi connectivity index (χ1) is 8.78. The molecule has 0 aliphatic heterocycles. The average molecular weight is 353 g/mol. The quantitative estimate of drug-likeness (QED) is 0.810. The fourth-order valence-corrected chi connectivity index (χ4v) is 2.08. The molecule has 0 radical (unpaired) electrons. The highest BCUT2D eigenvalue weighted by Gasteiger charge is 1.95. The van der Waals surface area contributed by atoms with E-state index < -0.39 is 0 Å². The van der Waals surface area contributed by atoms with Crippen molar-refractivity contribution in [3.05, 3.63) is 68.8 Å². The smallest absolute Gasteiger partial charge is 0.0681 e. The lowest BCUT2D eigenvalue weighted by atomic mass is 10.1. The molecule has 0 saturated heterocycles. The highest BCUT2D eigenvalue weighted by molar-refractivity contribution is 14.1. The summed E-state index contributed by atoms with van der Waals surface area (Å²) in [4.78, 5) is 0. The van der Waals surface area contributed by atoms with E-state index in [1.165, 1.54) is 14.7 Å². The molecule has 0 unspecified atom stereocenters. The number of aliphatic hydroxyl groups excluding tert-OH is 1. The lowest BCUT2D eigenvalue weighted by Gasteiger charge is -2.06. The molecule has 0 heterocycles. The molecule has 2 rings (SSSR count). The number of halogens is 1. The van der Waals surface area contributed by atoms with Crippen molar-refractivity contribution in [3.8, 4) is 0 Å². The first-order valence-corrected chi connectivity index (χ1v) is 6.99. The van der Waals surface area contributed by atoms with Gasteiger partial charge in [-0.05, 0) is 51.4 Å². The zero-order valence-electron chi connectivity index (χ0n) is 10.1.